The Morgan fingerprint density at radius 3 is 2.88 bits per heavy atom. The van der Waals surface area contributed by atoms with Crippen LogP contribution in [0.2, 0.25) is 0 Å². The first kappa shape index (κ1) is 13.3. The maximum absolute atomic E-state index is 12.0. The summed E-state index contributed by atoms with van der Waals surface area (Å²) in [6.45, 7) is 4.92. The molecule has 2 heterocycles. The van der Waals surface area contributed by atoms with Gasteiger partial charge in [-0.2, -0.15) is 0 Å². The van der Waals surface area contributed by atoms with Crippen molar-refractivity contribution in [3.05, 3.63) is 0 Å². The highest BCUT2D eigenvalue weighted by molar-refractivity contribution is 7.92. The van der Waals surface area contributed by atoms with Gasteiger partial charge in [-0.25, -0.2) is 8.42 Å². The number of nitrogens with one attached hydrogen (secondary N) is 1. The average molecular weight is 262 g/mol. The molecule has 0 aromatic rings. The topological polar surface area (TPSA) is 58.6 Å². The van der Waals surface area contributed by atoms with Gasteiger partial charge in [0.15, 0.2) is 9.84 Å². The molecule has 6 heteroatoms. The zero-order chi connectivity index (χ0) is 12.5. The van der Waals surface area contributed by atoms with Crippen LogP contribution in [0.5, 0.6) is 0 Å². The van der Waals surface area contributed by atoms with Gasteiger partial charge in [0.25, 0.3) is 0 Å². The Bertz CT molecular complexity index is 358. The number of ether oxygens (including phenoxy) is 1. The summed E-state index contributed by atoms with van der Waals surface area (Å²) >= 11 is 0. The van der Waals surface area contributed by atoms with E-state index in [-0.39, 0.29) is 23.2 Å². The molecule has 1 N–H and O–H groups in total. The number of hydrogen-bond donors (Lipinski definition) is 1. The molecule has 0 aromatic carbocycles. The van der Waals surface area contributed by atoms with E-state index in [0.717, 1.165) is 13.1 Å². The van der Waals surface area contributed by atoms with E-state index in [1.807, 2.05) is 14.0 Å². The average Bonchev–Trinajstić information content (AvgIpc) is 2.24. The van der Waals surface area contributed by atoms with Gasteiger partial charge in [0.05, 0.1) is 23.2 Å². The Morgan fingerprint density at radius 1 is 1.41 bits per heavy atom. The third-order valence-electron chi connectivity index (χ3n) is 3.54. The van der Waals surface area contributed by atoms with Gasteiger partial charge in [-0.1, -0.05) is 0 Å². The predicted molar refractivity (Wildman–Crippen MR) is 66.9 cm³/mol. The Hall–Kier alpha value is -0.170. The first-order valence-electron chi connectivity index (χ1n) is 6.23. The highest BCUT2D eigenvalue weighted by Crippen LogP contribution is 2.19. The number of hydrogen-bond acceptors (Lipinski definition) is 5. The monoisotopic (exact) mass is 262 g/mol. The van der Waals surface area contributed by atoms with Crippen molar-refractivity contribution in [3.8, 4) is 0 Å². The molecule has 100 valence electrons. The van der Waals surface area contributed by atoms with Gasteiger partial charge in [0.1, 0.15) is 0 Å². The summed E-state index contributed by atoms with van der Waals surface area (Å²) in [5, 5.41) is 3.01. The van der Waals surface area contributed by atoms with E-state index in [1.54, 1.807) is 0 Å². The highest BCUT2D eigenvalue weighted by atomic mass is 32.2. The van der Waals surface area contributed by atoms with Crippen LogP contribution in [0.3, 0.4) is 0 Å². The molecule has 3 unspecified atom stereocenters. The normalized spacial score (nSPS) is 39.1. The van der Waals surface area contributed by atoms with Crippen LogP contribution in [0.1, 0.15) is 13.3 Å². The Labute approximate surface area is 103 Å². The van der Waals surface area contributed by atoms with E-state index in [2.05, 4.69) is 10.2 Å². The largest absolute Gasteiger partial charge is 0.373 e. The first-order valence-corrected chi connectivity index (χ1v) is 7.95. The maximum Gasteiger partial charge on any atom is 0.155 e. The third-order valence-corrected chi connectivity index (χ3v) is 5.64. The molecule has 0 saturated carbocycles. The molecule has 0 aromatic heterocycles. The van der Waals surface area contributed by atoms with Gasteiger partial charge in [-0.3, -0.25) is 0 Å². The zero-order valence-electron chi connectivity index (χ0n) is 10.6. The molecule has 0 radical (unpaired) electrons. The standard InChI is InChI=1S/C11H22N2O3S/c1-9-6-12-7-10(16-9)5-11-8-13(2)3-4-17(11,14)15/h9-12H,3-8H2,1-2H3. The molecule has 2 aliphatic rings. The van der Waals surface area contributed by atoms with E-state index < -0.39 is 9.84 Å². The SMILES string of the molecule is CC1CNCC(CC2CN(C)CCS2(=O)=O)O1. The Kier molecular flexibility index (Phi) is 4.07. The summed E-state index contributed by atoms with van der Waals surface area (Å²) < 4.78 is 29.7. The van der Waals surface area contributed by atoms with E-state index in [0.29, 0.717) is 19.5 Å². The fraction of sp³-hybridized carbons (Fsp3) is 1.00. The third kappa shape index (κ3) is 3.40. The molecule has 5 nitrogen and oxygen atoms in total. The van der Waals surface area contributed by atoms with Crippen LogP contribution < -0.4 is 5.32 Å². The molecule has 2 aliphatic heterocycles. The molecule has 2 rings (SSSR count). The quantitative estimate of drug-likeness (QED) is 0.726. The minimum atomic E-state index is -2.92. The molecular weight excluding hydrogens is 240 g/mol. The second-order valence-corrected chi connectivity index (χ2v) is 7.61. The molecule has 17 heavy (non-hydrogen) atoms. The van der Waals surface area contributed by atoms with Crippen molar-refractivity contribution in [2.45, 2.75) is 30.8 Å². The van der Waals surface area contributed by atoms with Crippen molar-refractivity contribution in [2.75, 3.05) is 39.0 Å². The highest BCUT2D eigenvalue weighted by Gasteiger charge is 2.34. The van der Waals surface area contributed by atoms with Gasteiger partial charge in [0.2, 0.25) is 0 Å². The Balaban J connectivity index is 1.96. The lowest BCUT2D eigenvalue weighted by Crippen LogP contribution is -2.50. The lowest BCUT2D eigenvalue weighted by molar-refractivity contribution is -0.0319. The number of sulfone groups is 1. The van der Waals surface area contributed by atoms with Crippen molar-refractivity contribution < 1.29 is 13.2 Å². The van der Waals surface area contributed by atoms with Crippen molar-refractivity contribution in [2.24, 2.45) is 0 Å². The zero-order valence-corrected chi connectivity index (χ0v) is 11.4. The molecule has 0 bridgehead atoms. The molecular formula is C11H22N2O3S. The van der Waals surface area contributed by atoms with Crippen LogP contribution >= 0.6 is 0 Å². The Morgan fingerprint density at radius 2 is 2.18 bits per heavy atom. The van der Waals surface area contributed by atoms with Crippen LogP contribution in [0, 0.1) is 0 Å². The van der Waals surface area contributed by atoms with E-state index in [4.69, 9.17) is 4.74 Å². The van der Waals surface area contributed by atoms with Crippen LogP contribution in [0.15, 0.2) is 0 Å². The minimum Gasteiger partial charge on any atom is -0.373 e. The van der Waals surface area contributed by atoms with Crippen LogP contribution in [-0.2, 0) is 14.6 Å². The van der Waals surface area contributed by atoms with Crippen molar-refractivity contribution >= 4 is 9.84 Å². The van der Waals surface area contributed by atoms with Crippen LogP contribution in [0.4, 0.5) is 0 Å². The van der Waals surface area contributed by atoms with Crippen LogP contribution in [-0.4, -0.2) is 69.8 Å². The van der Waals surface area contributed by atoms with Gasteiger partial charge in [0, 0.05) is 26.2 Å². The fourth-order valence-electron chi connectivity index (χ4n) is 2.53. The van der Waals surface area contributed by atoms with Gasteiger partial charge in [-0.05, 0) is 20.4 Å². The summed E-state index contributed by atoms with van der Waals surface area (Å²) in [5.74, 6) is 0.282. The van der Waals surface area contributed by atoms with Crippen molar-refractivity contribution in [3.63, 3.8) is 0 Å². The van der Waals surface area contributed by atoms with Crippen molar-refractivity contribution in [1.29, 1.82) is 0 Å². The molecule has 0 amide bonds. The lowest BCUT2D eigenvalue weighted by Gasteiger charge is -2.34. The molecule has 2 saturated heterocycles. The van der Waals surface area contributed by atoms with Crippen molar-refractivity contribution in [1.82, 2.24) is 10.2 Å². The number of nitrogens with zero attached hydrogens (tertiary/aromatic N) is 1. The summed E-state index contributed by atoms with van der Waals surface area (Å²) in [5.41, 5.74) is 0. The lowest BCUT2D eigenvalue weighted by atomic mass is 10.1. The fourth-order valence-corrected chi connectivity index (χ4v) is 4.42. The number of rotatable bonds is 2. The van der Waals surface area contributed by atoms with E-state index in [1.165, 1.54) is 0 Å². The van der Waals surface area contributed by atoms with Gasteiger partial charge >= 0.3 is 0 Å². The van der Waals surface area contributed by atoms with E-state index in [9.17, 15) is 8.42 Å². The summed E-state index contributed by atoms with van der Waals surface area (Å²) in [6, 6.07) is 0. The first-order chi connectivity index (χ1) is 7.97. The summed E-state index contributed by atoms with van der Waals surface area (Å²) in [4.78, 5) is 2.09. The molecule has 2 fully saturated rings. The molecule has 3 atom stereocenters. The maximum atomic E-state index is 12.0. The smallest absolute Gasteiger partial charge is 0.155 e. The minimum absolute atomic E-state index is 0.0324. The second-order valence-electron chi connectivity index (χ2n) is 5.21. The molecule has 0 aliphatic carbocycles. The summed E-state index contributed by atoms with van der Waals surface area (Å²) in [7, 11) is -0.946. The van der Waals surface area contributed by atoms with E-state index >= 15 is 0 Å². The summed E-state index contributed by atoms with van der Waals surface area (Å²) in [6.07, 6.45) is 0.826. The molecule has 0 spiro atoms. The van der Waals surface area contributed by atoms with Gasteiger partial charge < -0.3 is 15.0 Å². The number of morpholine rings is 1. The predicted octanol–water partition coefficient (Wildman–Crippen LogP) is -0.518. The van der Waals surface area contributed by atoms with Gasteiger partial charge in [-0.15, -0.1) is 0 Å². The van der Waals surface area contributed by atoms with Crippen LogP contribution in [0.25, 0.3) is 0 Å². The second kappa shape index (κ2) is 5.22.